The van der Waals surface area contributed by atoms with Gasteiger partial charge in [0.2, 0.25) is 12.3 Å². The summed E-state index contributed by atoms with van der Waals surface area (Å²) in [5.41, 5.74) is 10.1. The molecule has 3 heterocycles. The highest BCUT2D eigenvalue weighted by Gasteiger charge is 2.28. The van der Waals surface area contributed by atoms with Crippen molar-refractivity contribution < 1.29 is 53.0 Å². The van der Waals surface area contributed by atoms with Crippen LogP contribution in [-0.2, 0) is 45.0 Å². The van der Waals surface area contributed by atoms with Crippen molar-refractivity contribution in [2.24, 2.45) is 5.73 Å². The van der Waals surface area contributed by atoms with E-state index in [2.05, 4.69) is 31.6 Å². The number of hydrogen-bond acceptors (Lipinski definition) is 12. The lowest BCUT2D eigenvalue weighted by molar-refractivity contribution is -0.123. The third-order valence-corrected chi connectivity index (χ3v) is 10.7. The number of piperazine rings is 2. The normalized spacial score (nSPS) is 13.0. The summed E-state index contributed by atoms with van der Waals surface area (Å²) in [6.45, 7) is 7.48. The minimum Gasteiger partial charge on any atom is -0.483 e. The molecule has 22 nitrogen and oxygen atoms in total. The summed E-state index contributed by atoms with van der Waals surface area (Å²) in [4.78, 5) is 100. The summed E-state index contributed by atoms with van der Waals surface area (Å²) in [6, 6.07) is 19.2. The first kappa shape index (κ1) is 60.2. The molecule has 1 unspecified atom stereocenters. The van der Waals surface area contributed by atoms with Crippen molar-refractivity contribution in [3.63, 3.8) is 0 Å². The van der Waals surface area contributed by atoms with Gasteiger partial charge in [-0.2, -0.15) is 0 Å². The number of hydrogen-bond donors (Lipinski definition) is 7. The molecule has 0 radical (unpaired) electrons. The molecule has 8 amide bonds. The van der Waals surface area contributed by atoms with Gasteiger partial charge in [0, 0.05) is 113 Å². The van der Waals surface area contributed by atoms with Crippen molar-refractivity contribution in [1.82, 2.24) is 39.9 Å². The van der Waals surface area contributed by atoms with Gasteiger partial charge in [-0.3, -0.25) is 28.4 Å². The van der Waals surface area contributed by atoms with Gasteiger partial charge in [0.25, 0.3) is 18.3 Å². The lowest BCUT2D eigenvalue weighted by Crippen LogP contribution is -2.51. The highest BCUT2D eigenvalue weighted by Crippen LogP contribution is 2.21. The Morgan fingerprint density at radius 2 is 1.28 bits per heavy atom. The average Bonchev–Trinajstić information content (AvgIpc) is 3.85. The number of nitrogens with two attached hydrogens (primary N) is 1. The SMILES string of the molecule is CC.CNc1ccc(CC(C)NC(N)=O)cc1.CO.O=CCCc1ccc(NC(=O)N2CCN(C(=O)c3cc(NC(=O)Cn4cc(CCCF)nn4)cc(C(=O)N4CCN(C=O)CC4)c3)CC2)cc1.O=CO. The van der Waals surface area contributed by atoms with E-state index in [1.807, 2.05) is 64.2 Å². The van der Waals surface area contributed by atoms with Gasteiger partial charge in [0.05, 0.1) is 12.4 Å². The van der Waals surface area contributed by atoms with E-state index in [1.54, 1.807) is 37.9 Å². The number of halogens is 1. The summed E-state index contributed by atoms with van der Waals surface area (Å²) in [7, 11) is 2.88. The maximum Gasteiger partial charge on any atom is 0.321 e. The first-order valence-electron chi connectivity index (χ1n) is 23.4. The molecule has 2 saturated heterocycles. The molecule has 23 heteroatoms. The number of benzene rings is 3. The van der Waals surface area contributed by atoms with E-state index in [9.17, 15) is 38.0 Å². The van der Waals surface area contributed by atoms with E-state index in [1.165, 1.54) is 28.4 Å². The Kier molecular flexibility index (Phi) is 28.0. The van der Waals surface area contributed by atoms with Gasteiger partial charge in [-0.05, 0) is 86.2 Å². The van der Waals surface area contributed by atoms with Crippen molar-refractivity contribution in [1.29, 1.82) is 0 Å². The number of aldehydes is 1. The fourth-order valence-electron chi connectivity index (χ4n) is 7.22. The molecule has 2 aliphatic heterocycles. The van der Waals surface area contributed by atoms with Crippen molar-refractivity contribution in [3.8, 4) is 0 Å². The molecule has 3 aromatic carbocycles. The Hall–Kier alpha value is -7.95. The molecule has 1 aromatic heterocycles. The Balaban J connectivity index is 0.000000675. The van der Waals surface area contributed by atoms with Crippen LogP contribution in [0.15, 0.2) is 72.9 Å². The van der Waals surface area contributed by atoms with E-state index in [0.29, 0.717) is 63.2 Å². The minimum absolute atomic E-state index is 0.0583. The molecule has 0 saturated carbocycles. The molecule has 72 heavy (non-hydrogen) atoms. The number of urea groups is 2. The van der Waals surface area contributed by atoms with E-state index in [0.717, 1.165) is 37.5 Å². The van der Waals surface area contributed by atoms with E-state index < -0.39 is 18.6 Å². The van der Waals surface area contributed by atoms with Crippen LogP contribution >= 0.6 is 0 Å². The number of primary amides is 1. The number of aliphatic hydroxyl groups excluding tert-OH is 1. The summed E-state index contributed by atoms with van der Waals surface area (Å²) in [6.07, 6.45) is 5.71. The number of amides is 8. The number of nitrogens with one attached hydrogen (secondary N) is 4. The number of nitrogens with zero attached hydrogens (tertiary/aromatic N) is 7. The van der Waals surface area contributed by atoms with Crippen molar-refractivity contribution >= 4 is 66.0 Å². The second-order valence-electron chi connectivity index (χ2n) is 15.8. The average molecular weight is 1010 g/mol. The highest BCUT2D eigenvalue weighted by atomic mass is 19.1. The fourth-order valence-corrected chi connectivity index (χ4v) is 7.22. The largest absolute Gasteiger partial charge is 0.483 e. The summed E-state index contributed by atoms with van der Waals surface area (Å²) < 4.78 is 13.9. The first-order valence-corrected chi connectivity index (χ1v) is 23.4. The molecule has 0 spiro atoms. The minimum atomic E-state index is -0.484. The number of carboxylic acid groups (broad SMARTS) is 1. The smallest absolute Gasteiger partial charge is 0.321 e. The topological polar surface area (TPSA) is 295 Å². The van der Waals surface area contributed by atoms with Crippen molar-refractivity contribution in [2.75, 3.05) is 89.1 Å². The molecule has 1 atom stereocenters. The Morgan fingerprint density at radius 1 is 0.750 bits per heavy atom. The Morgan fingerprint density at radius 3 is 1.79 bits per heavy atom. The van der Waals surface area contributed by atoms with Gasteiger partial charge in [0.15, 0.2) is 0 Å². The molecule has 0 bridgehead atoms. The van der Waals surface area contributed by atoms with Crippen LogP contribution in [0.1, 0.15) is 71.1 Å². The predicted octanol–water partition coefficient (Wildman–Crippen LogP) is 3.52. The monoisotopic (exact) mass is 1000 g/mol. The zero-order valence-corrected chi connectivity index (χ0v) is 41.6. The number of aliphatic hydroxyl groups is 1. The summed E-state index contributed by atoms with van der Waals surface area (Å²) in [5.74, 6) is -1.17. The summed E-state index contributed by atoms with van der Waals surface area (Å²) in [5, 5.41) is 33.1. The third kappa shape index (κ3) is 21.0. The zero-order chi connectivity index (χ0) is 53.4. The quantitative estimate of drug-likeness (QED) is 0.0747. The van der Waals surface area contributed by atoms with Crippen molar-refractivity contribution in [2.45, 2.75) is 65.5 Å². The second-order valence-corrected chi connectivity index (χ2v) is 15.8. The summed E-state index contributed by atoms with van der Waals surface area (Å²) >= 11 is 0. The fraction of sp³-hybridized carbons (Fsp3) is 0.429. The number of carbonyl (C=O) groups excluding carboxylic acids is 7. The van der Waals surface area contributed by atoms with Crippen LogP contribution < -0.4 is 27.0 Å². The zero-order valence-electron chi connectivity index (χ0n) is 41.6. The van der Waals surface area contributed by atoms with Crippen LogP contribution in [0.25, 0.3) is 0 Å². The standard InChI is InChI=1S/C34H40FN9O6.C11H17N3O.C2H6.CH2O2.CH4O/c35-9-1-4-29-22-44(39-38-29)23-31(47)36-30-20-26(32(48)41-12-10-40(24-46)11-13-41)19-27(21-30)33(49)42-14-16-43(17-15-42)34(50)37-28-7-5-25(6-8-28)3-2-18-45;1-8(14-11(12)15)7-9-3-5-10(13-2)6-4-9;1-2;2-1-3;1-2/h5-8,18-22,24H,1-4,9-17,23H2,(H,36,47)(H,37,50);3-6,8,13H,7H2,1-2H3,(H3,12,14,15);1-2H3;1H,(H,2,3);2H,1H3. The molecule has 8 N–H and O–H groups in total. The Labute approximate surface area is 419 Å². The molecule has 4 aromatic rings. The van der Waals surface area contributed by atoms with Crippen LogP contribution in [0.5, 0.6) is 0 Å². The van der Waals surface area contributed by atoms with Gasteiger partial charge in [-0.25, -0.2) is 14.3 Å². The second kappa shape index (κ2) is 33.6. The van der Waals surface area contributed by atoms with Crippen LogP contribution in [0.4, 0.5) is 31.0 Å². The number of alkyl halides is 1. The number of anilines is 3. The number of aromatic nitrogens is 3. The van der Waals surface area contributed by atoms with Crippen molar-refractivity contribution in [3.05, 3.63) is 101 Å². The number of rotatable bonds is 17. The molecule has 2 fully saturated rings. The molecule has 0 aliphatic carbocycles. The van der Waals surface area contributed by atoms with E-state index in [-0.39, 0.29) is 79.9 Å². The molecular formula is C49H69FN12O10. The number of carbonyl (C=O) groups is 8. The third-order valence-electron chi connectivity index (χ3n) is 10.7. The van der Waals surface area contributed by atoms with Gasteiger partial charge in [0.1, 0.15) is 12.8 Å². The van der Waals surface area contributed by atoms with Crippen LogP contribution in [0, 0.1) is 0 Å². The van der Waals surface area contributed by atoms with E-state index >= 15 is 0 Å². The molecular weight excluding hydrogens is 936 g/mol. The molecule has 2 aliphatic rings. The predicted molar refractivity (Wildman–Crippen MR) is 270 cm³/mol. The maximum atomic E-state index is 13.8. The first-order chi connectivity index (χ1) is 34.8. The van der Waals surface area contributed by atoms with Crippen LogP contribution in [-0.4, -0.2) is 173 Å². The molecule has 392 valence electrons. The number of aryl methyl sites for hydroxylation is 2. The van der Waals surface area contributed by atoms with Gasteiger partial charge >= 0.3 is 12.1 Å². The van der Waals surface area contributed by atoms with Gasteiger partial charge in [-0.1, -0.05) is 43.3 Å². The van der Waals surface area contributed by atoms with Gasteiger partial charge in [-0.15, -0.1) is 5.10 Å². The lowest BCUT2D eigenvalue weighted by Gasteiger charge is -2.35. The maximum absolute atomic E-state index is 13.8. The van der Waals surface area contributed by atoms with Crippen LogP contribution in [0.2, 0.25) is 0 Å². The Bertz CT molecular complexity index is 2300. The van der Waals surface area contributed by atoms with E-state index in [4.69, 9.17) is 20.7 Å². The highest BCUT2D eigenvalue weighted by molar-refractivity contribution is 6.03. The lowest BCUT2D eigenvalue weighted by atomic mass is 10.1. The van der Waals surface area contributed by atoms with Crippen LogP contribution in [0.3, 0.4) is 0 Å². The van der Waals surface area contributed by atoms with Gasteiger partial charge < -0.3 is 61.6 Å². The molecule has 6 rings (SSSR count).